The highest BCUT2D eigenvalue weighted by Crippen LogP contribution is 2.19. The Labute approximate surface area is 109 Å². The van der Waals surface area contributed by atoms with Crippen molar-refractivity contribution in [2.45, 2.75) is 19.3 Å². The van der Waals surface area contributed by atoms with Gasteiger partial charge in [-0.05, 0) is 49.2 Å². The van der Waals surface area contributed by atoms with Gasteiger partial charge in [-0.1, -0.05) is 15.9 Å². The van der Waals surface area contributed by atoms with Crippen LogP contribution in [-0.4, -0.2) is 18.9 Å². The van der Waals surface area contributed by atoms with Gasteiger partial charge in [-0.3, -0.25) is 4.79 Å². The van der Waals surface area contributed by atoms with Gasteiger partial charge in [0.2, 0.25) is 0 Å². The Morgan fingerprint density at radius 1 is 1.53 bits per heavy atom. The minimum Gasteiger partial charge on any atom is -0.316 e. The van der Waals surface area contributed by atoms with Gasteiger partial charge in [-0.2, -0.15) is 0 Å². The Balaban J connectivity index is 1.95. The first-order valence-electron chi connectivity index (χ1n) is 5.81. The van der Waals surface area contributed by atoms with Crippen LogP contribution in [0.4, 0.5) is 4.39 Å². The van der Waals surface area contributed by atoms with E-state index in [2.05, 4.69) is 21.2 Å². The number of carbonyl (C=O) groups excluding carboxylic acids is 1. The maximum atomic E-state index is 13.5. The van der Waals surface area contributed by atoms with Crippen LogP contribution in [0.2, 0.25) is 0 Å². The SMILES string of the molecule is O=C(Cc1cc(Br)ccc1F)CC1CCNC1. The molecule has 1 atom stereocenters. The first-order chi connectivity index (χ1) is 8.15. The first kappa shape index (κ1) is 12.7. The maximum absolute atomic E-state index is 13.5. The monoisotopic (exact) mass is 299 g/mol. The van der Waals surface area contributed by atoms with Crippen molar-refractivity contribution < 1.29 is 9.18 Å². The minimum absolute atomic E-state index is 0.121. The summed E-state index contributed by atoms with van der Waals surface area (Å²) < 4.78 is 14.3. The molecule has 2 rings (SSSR count). The van der Waals surface area contributed by atoms with Crippen molar-refractivity contribution in [3.8, 4) is 0 Å². The van der Waals surface area contributed by atoms with Gasteiger partial charge in [0.25, 0.3) is 0 Å². The molecular formula is C13H15BrFNO. The standard InChI is InChI=1S/C13H15BrFNO/c14-11-1-2-13(15)10(6-11)7-12(17)5-9-3-4-16-8-9/h1-2,6,9,16H,3-5,7-8H2. The van der Waals surface area contributed by atoms with E-state index in [4.69, 9.17) is 0 Å². The molecule has 17 heavy (non-hydrogen) atoms. The molecule has 0 amide bonds. The Bertz CT molecular complexity index is 416. The van der Waals surface area contributed by atoms with Crippen LogP contribution in [-0.2, 0) is 11.2 Å². The Kier molecular flexibility index (Phi) is 4.29. The Morgan fingerprint density at radius 2 is 2.35 bits per heavy atom. The van der Waals surface area contributed by atoms with Gasteiger partial charge < -0.3 is 5.32 Å². The Hall–Kier alpha value is -0.740. The molecule has 1 unspecified atom stereocenters. The van der Waals surface area contributed by atoms with E-state index in [1.54, 1.807) is 12.1 Å². The number of halogens is 2. The lowest BCUT2D eigenvalue weighted by molar-refractivity contribution is -0.119. The minimum atomic E-state index is -0.300. The summed E-state index contributed by atoms with van der Waals surface area (Å²) >= 11 is 3.29. The summed E-state index contributed by atoms with van der Waals surface area (Å²) in [5, 5.41) is 3.23. The number of rotatable bonds is 4. The van der Waals surface area contributed by atoms with Crippen LogP contribution in [0.15, 0.2) is 22.7 Å². The van der Waals surface area contributed by atoms with E-state index < -0.39 is 0 Å². The summed E-state index contributed by atoms with van der Waals surface area (Å²) in [6.45, 7) is 1.90. The van der Waals surface area contributed by atoms with Crippen LogP contribution >= 0.6 is 15.9 Å². The predicted octanol–water partition coefficient (Wildman–Crippen LogP) is 2.70. The third-order valence-corrected chi connectivity index (χ3v) is 3.57. The van der Waals surface area contributed by atoms with Crippen molar-refractivity contribution in [1.82, 2.24) is 5.32 Å². The first-order valence-corrected chi connectivity index (χ1v) is 6.61. The Morgan fingerprint density at radius 3 is 3.06 bits per heavy atom. The second kappa shape index (κ2) is 5.74. The highest BCUT2D eigenvalue weighted by molar-refractivity contribution is 9.10. The van der Waals surface area contributed by atoms with E-state index in [-0.39, 0.29) is 18.0 Å². The second-order valence-electron chi connectivity index (χ2n) is 4.51. The lowest BCUT2D eigenvalue weighted by Gasteiger charge is -2.08. The van der Waals surface area contributed by atoms with E-state index >= 15 is 0 Å². The van der Waals surface area contributed by atoms with Gasteiger partial charge in [-0.25, -0.2) is 4.39 Å². The molecule has 0 bridgehead atoms. The number of ketones is 1. The molecule has 0 radical (unpaired) electrons. The molecule has 0 aliphatic carbocycles. The molecule has 1 saturated heterocycles. The fourth-order valence-electron chi connectivity index (χ4n) is 2.17. The van der Waals surface area contributed by atoms with Gasteiger partial charge in [0.15, 0.2) is 0 Å². The quantitative estimate of drug-likeness (QED) is 0.926. The van der Waals surface area contributed by atoms with Crippen LogP contribution in [0.1, 0.15) is 18.4 Å². The number of hydrogen-bond donors (Lipinski definition) is 1. The molecule has 0 spiro atoms. The highest BCUT2D eigenvalue weighted by atomic mass is 79.9. The van der Waals surface area contributed by atoms with Crippen LogP contribution in [0.5, 0.6) is 0 Å². The van der Waals surface area contributed by atoms with Gasteiger partial charge in [0, 0.05) is 17.3 Å². The lowest BCUT2D eigenvalue weighted by Crippen LogP contribution is -2.14. The fraction of sp³-hybridized carbons (Fsp3) is 0.462. The zero-order chi connectivity index (χ0) is 12.3. The van der Waals surface area contributed by atoms with Gasteiger partial charge in [-0.15, -0.1) is 0 Å². The maximum Gasteiger partial charge on any atom is 0.137 e. The summed E-state index contributed by atoms with van der Waals surface area (Å²) in [7, 11) is 0. The molecule has 0 saturated carbocycles. The highest BCUT2D eigenvalue weighted by Gasteiger charge is 2.18. The summed E-state index contributed by atoms with van der Waals surface area (Å²) in [6.07, 6.45) is 1.80. The van der Waals surface area contributed by atoms with E-state index in [1.165, 1.54) is 6.07 Å². The van der Waals surface area contributed by atoms with E-state index in [0.717, 1.165) is 24.0 Å². The van der Waals surface area contributed by atoms with Gasteiger partial charge in [0.05, 0.1) is 0 Å². The molecule has 1 aromatic rings. The van der Waals surface area contributed by atoms with Crippen LogP contribution in [0.25, 0.3) is 0 Å². The average Bonchev–Trinajstić information content (AvgIpc) is 2.76. The second-order valence-corrected chi connectivity index (χ2v) is 5.43. The number of benzene rings is 1. The topological polar surface area (TPSA) is 29.1 Å². The number of Topliss-reactive ketones (excluding diaryl/α,β-unsaturated/α-hetero) is 1. The number of carbonyl (C=O) groups is 1. The summed E-state index contributed by atoms with van der Waals surface area (Å²) in [5.41, 5.74) is 0.482. The zero-order valence-electron chi connectivity index (χ0n) is 9.51. The third-order valence-electron chi connectivity index (χ3n) is 3.07. The largest absolute Gasteiger partial charge is 0.316 e. The van der Waals surface area contributed by atoms with Crippen molar-refractivity contribution in [3.63, 3.8) is 0 Å². The molecule has 1 aliphatic rings. The molecule has 4 heteroatoms. The van der Waals surface area contributed by atoms with E-state index in [1.807, 2.05) is 0 Å². The molecule has 1 aromatic carbocycles. The molecule has 1 N–H and O–H groups in total. The number of nitrogens with one attached hydrogen (secondary N) is 1. The molecule has 0 aromatic heterocycles. The summed E-state index contributed by atoms with van der Waals surface area (Å²) in [5.74, 6) is 0.250. The molecule has 2 nitrogen and oxygen atoms in total. The van der Waals surface area contributed by atoms with Gasteiger partial charge >= 0.3 is 0 Å². The molecule has 1 aliphatic heterocycles. The molecule has 1 fully saturated rings. The van der Waals surface area contributed by atoms with Crippen molar-refractivity contribution in [3.05, 3.63) is 34.1 Å². The number of hydrogen-bond acceptors (Lipinski definition) is 2. The summed E-state index contributed by atoms with van der Waals surface area (Å²) in [6, 6.07) is 4.72. The van der Waals surface area contributed by atoms with Crippen molar-refractivity contribution in [1.29, 1.82) is 0 Å². The van der Waals surface area contributed by atoms with Crippen LogP contribution in [0.3, 0.4) is 0 Å². The normalized spacial score (nSPS) is 19.5. The molecule has 92 valence electrons. The van der Waals surface area contributed by atoms with E-state index in [0.29, 0.717) is 17.9 Å². The third kappa shape index (κ3) is 3.61. The predicted molar refractivity (Wildman–Crippen MR) is 68.4 cm³/mol. The lowest BCUT2D eigenvalue weighted by atomic mass is 9.97. The van der Waals surface area contributed by atoms with Crippen LogP contribution in [0, 0.1) is 11.7 Å². The fourth-order valence-corrected chi connectivity index (χ4v) is 2.58. The van der Waals surface area contributed by atoms with Crippen molar-refractivity contribution >= 4 is 21.7 Å². The zero-order valence-corrected chi connectivity index (χ0v) is 11.1. The van der Waals surface area contributed by atoms with E-state index in [9.17, 15) is 9.18 Å². The molecule has 1 heterocycles. The van der Waals surface area contributed by atoms with Crippen molar-refractivity contribution in [2.75, 3.05) is 13.1 Å². The average molecular weight is 300 g/mol. The van der Waals surface area contributed by atoms with Gasteiger partial charge in [0.1, 0.15) is 11.6 Å². The van der Waals surface area contributed by atoms with Crippen LogP contribution < -0.4 is 5.32 Å². The smallest absolute Gasteiger partial charge is 0.137 e. The summed E-state index contributed by atoms with van der Waals surface area (Å²) in [4.78, 5) is 11.8. The van der Waals surface area contributed by atoms with Crippen molar-refractivity contribution in [2.24, 2.45) is 5.92 Å². The molecular weight excluding hydrogens is 285 g/mol.